The van der Waals surface area contributed by atoms with Crippen molar-refractivity contribution in [3.63, 3.8) is 0 Å². The molecule has 1 aromatic carbocycles. The minimum atomic E-state index is -0.253. The first-order chi connectivity index (χ1) is 10.2. The summed E-state index contributed by atoms with van der Waals surface area (Å²) >= 11 is 0. The number of piperazine rings is 1. The molecule has 0 atom stereocenters. The van der Waals surface area contributed by atoms with Gasteiger partial charge in [0.1, 0.15) is 5.82 Å². The minimum absolute atomic E-state index is 0.253. The molecular formula is C16H17FN4. The van der Waals surface area contributed by atoms with Crippen LogP contribution in [-0.2, 0) is 0 Å². The van der Waals surface area contributed by atoms with Crippen LogP contribution in [0, 0.1) is 5.82 Å². The highest BCUT2D eigenvalue weighted by Crippen LogP contribution is 2.21. The molecule has 0 saturated carbocycles. The van der Waals surface area contributed by atoms with E-state index in [1.54, 1.807) is 24.5 Å². The summed E-state index contributed by atoms with van der Waals surface area (Å²) in [6, 6.07) is 6.27. The number of nitrogens with one attached hydrogen (secondary N) is 1. The number of nitrogens with zero attached hydrogens (tertiary/aromatic N) is 3. The molecule has 2 aromatic rings. The van der Waals surface area contributed by atoms with Gasteiger partial charge >= 0.3 is 0 Å². The van der Waals surface area contributed by atoms with Gasteiger partial charge in [0.15, 0.2) is 0 Å². The molecule has 1 aliphatic rings. The van der Waals surface area contributed by atoms with Crippen molar-refractivity contribution < 1.29 is 4.39 Å². The summed E-state index contributed by atoms with van der Waals surface area (Å²) in [6.07, 6.45) is 3.55. The third-order valence-corrected chi connectivity index (χ3v) is 3.58. The molecule has 1 aromatic heterocycles. The molecule has 0 radical (unpaired) electrons. The Hall–Kier alpha value is -2.27. The van der Waals surface area contributed by atoms with Crippen LogP contribution in [0.25, 0.3) is 5.57 Å². The van der Waals surface area contributed by atoms with Crippen LogP contribution in [0.3, 0.4) is 0 Å². The summed E-state index contributed by atoms with van der Waals surface area (Å²) in [5.41, 5.74) is 2.51. The van der Waals surface area contributed by atoms with Crippen molar-refractivity contribution >= 4 is 11.5 Å². The zero-order valence-electron chi connectivity index (χ0n) is 11.7. The molecule has 21 heavy (non-hydrogen) atoms. The largest absolute Gasteiger partial charge is 0.338 e. The van der Waals surface area contributed by atoms with Gasteiger partial charge in [0.2, 0.25) is 5.95 Å². The lowest BCUT2D eigenvalue weighted by Crippen LogP contribution is -2.44. The average molecular weight is 284 g/mol. The smallest absolute Gasteiger partial charge is 0.225 e. The highest BCUT2D eigenvalue weighted by atomic mass is 19.1. The summed E-state index contributed by atoms with van der Waals surface area (Å²) in [7, 11) is 0. The van der Waals surface area contributed by atoms with Crippen molar-refractivity contribution in [2.24, 2.45) is 0 Å². The van der Waals surface area contributed by atoms with Gasteiger partial charge in [0, 0.05) is 44.1 Å². The van der Waals surface area contributed by atoms with Crippen LogP contribution in [-0.4, -0.2) is 36.1 Å². The Labute approximate surface area is 123 Å². The van der Waals surface area contributed by atoms with E-state index >= 15 is 0 Å². The van der Waals surface area contributed by atoms with Gasteiger partial charge in [-0.1, -0.05) is 18.7 Å². The molecular weight excluding hydrogens is 267 g/mol. The van der Waals surface area contributed by atoms with E-state index in [-0.39, 0.29) is 5.82 Å². The number of aromatic nitrogens is 2. The second kappa shape index (κ2) is 6.01. The van der Waals surface area contributed by atoms with Crippen molar-refractivity contribution in [3.8, 4) is 0 Å². The fraction of sp³-hybridized carbons (Fsp3) is 0.250. The molecule has 0 spiro atoms. The zero-order valence-corrected chi connectivity index (χ0v) is 11.7. The maximum Gasteiger partial charge on any atom is 0.225 e. The quantitative estimate of drug-likeness (QED) is 0.937. The van der Waals surface area contributed by atoms with Crippen molar-refractivity contribution in [2.45, 2.75) is 0 Å². The van der Waals surface area contributed by atoms with Crippen LogP contribution >= 0.6 is 0 Å². The number of benzene rings is 1. The number of anilines is 1. The molecule has 5 heteroatoms. The van der Waals surface area contributed by atoms with Crippen LogP contribution < -0.4 is 10.2 Å². The third-order valence-electron chi connectivity index (χ3n) is 3.58. The van der Waals surface area contributed by atoms with Crippen LogP contribution in [0.1, 0.15) is 11.1 Å². The van der Waals surface area contributed by atoms with Gasteiger partial charge in [0.05, 0.1) is 0 Å². The highest BCUT2D eigenvalue weighted by molar-refractivity contribution is 5.77. The maximum atomic E-state index is 12.9. The lowest BCUT2D eigenvalue weighted by Gasteiger charge is -2.27. The number of halogens is 1. The summed E-state index contributed by atoms with van der Waals surface area (Å²) in [5, 5.41) is 3.30. The molecule has 0 bridgehead atoms. The average Bonchev–Trinajstić information content (AvgIpc) is 2.56. The summed E-state index contributed by atoms with van der Waals surface area (Å²) in [6.45, 7) is 7.77. The Kier molecular flexibility index (Phi) is 3.92. The Bertz CT molecular complexity index is 616. The van der Waals surface area contributed by atoms with Gasteiger partial charge in [0.25, 0.3) is 0 Å². The van der Waals surface area contributed by atoms with E-state index < -0.39 is 0 Å². The summed E-state index contributed by atoms with van der Waals surface area (Å²) in [5.74, 6) is 0.490. The predicted octanol–water partition coefficient (Wildman–Crippen LogP) is 2.09. The van der Waals surface area contributed by atoms with E-state index in [1.807, 2.05) is 0 Å². The fourth-order valence-corrected chi connectivity index (χ4v) is 2.32. The van der Waals surface area contributed by atoms with Gasteiger partial charge in [-0.2, -0.15) is 0 Å². The normalized spacial score (nSPS) is 15.0. The van der Waals surface area contributed by atoms with Crippen LogP contribution in [0.5, 0.6) is 0 Å². The van der Waals surface area contributed by atoms with Gasteiger partial charge in [-0.25, -0.2) is 14.4 Å². The van der Waals surface area contributed by atoms with E-state index in [0.29, 0.717) is 0 Å². The molecule has 0 amide bonds. The van der Waals surface area contributed by atoms with Crippen molar-refractivity contribution in [3.05, 3.63) is 60.2 Å². The van der Waals surface area contributed by atoms with E-state index in [0.717, 1.165) is 48.8 Å². The molecule has 4 nitrogen and oxygen atoms in total. The van der Waals surface area contributed by atoms with E-state index in [4.69, 9.17) is 0 Å². The highest BCUT2D eigenvalue weighted by Gasteiger charge is 2.13. The molecule has 108 valence electrons. The first-order valence-corrected chi connectivity index (χ1v) is 6.97. The molecule has 3 rings (SSSR count). The first-order valence-electron chi connectivity index (χ1n) is 6.97. The Balaban J connectivity index is 1.77. The lowest BCUT2D eigenvalue weighted by molar-refractivity contribution is 0.580. The first kappa shape index (κ1) is 13.7. The van der Waals surface area contributed by atoms with Gasteiger partial charge in [-0.15, -0.1) is 0 Å². The minimum Gasteiger partial charge on any atom is -0.338 e. The Morgan fingerprint density at radius 3 is 2.29 bits per heavy atom. The van der Waals surface area contributed by atoms with Crippen LogP contribution in [0.15, 0.2) is 43.2 Å². The third kappa shape index (κ3) is 3.08. The topological polar surface area (TPSA) is 41.1 Å². The molecule has 2 heterocycles. The maximum absolute atomic E-state index is 12.9. The molecule has 1 saturated heterocycles. The van der Waals surface area contributed by atoms with Crippen LogP contribution in [0.2, 0.25) is 0 Å². The monoisotopic (exact) mass is 284 g/mol. The van der Waals surface area contributed by atoms with E-state index in [1.165, 1.54) is 12.1 Å². The predicted molar refractivity (Wildman–Crippen MR) is 81.7 cm³/mol. The van der Waals surface area contributed by atoms with Gasteiger partial charge in [-0.05, 0) is 23.3 Å². The molecule has 1 N–H and O–H groups in total. The zero-order chi connectivity index (χ0) is 14.7. The number of hydrogen-bond donors (Lipinski definition) is 1. The second-order valence-electron chi connectivity index (χ2n) is 4.99. The van der Waals surface area contributed by atoms with Crippen molar-refractivity contribution in [1.82, 2.24) is 15.3 Å². The number of rotatable bonds is 3. The lowest BCUT2D eigenvalue weighted by atomic mass is 10.0. The second-order valence-corrected chi connectivity index (χ2v) is 4.99. The van der Waals surface area contributed by atoms with Gasteiger partial charge in [-0.3, -0.25) is 0 Å². The molecule has 1 aliphatic heterocycles. The van der Waals surface area contributed by atoms with Crippen molar-refractivity contribution in [2.75, 3.05) is 31.1 Å². The van der Waals surface area contributed by atoms with E-state index in [2.05, 4.69) is 26.8 Å². The van der Waals surface area contributed by atoms with Crippen molar-refractivity contribution in [1.29, 1.82) is 0 Å². The fourth-order valence-electron chi connectivity index (χ4n) is 2.32. The SMILES string of the molecule is C=C(c1ccc(F)cc1)c1cnc(N2CCNCC2)nc1. The molecule has 1 fully saturated rings. The summed E-state index contributed by atoms with van der Waals surface area (Å²) in [4.78, 5) is 11.0. The molecule has 0 aliphatic carbocycles. The number of hydrogen-bond acceptors (Lipinski definition) is 4. The molecule has 0 unspecified atom stereocenters. The Morgan fingerprint density at radius 2 is 1.67 bits per heavy atom. The van der Waals surface area contributed by atoms with Crippen LogP contribution in [0.4, 0.5) is 10.3 Å². The van der Waals surface area contributed by atoms with E-state index in [9.17, 15) is 4.39 Å². The standard InChI is InChI=1S/C16H17FN4/c1-12(13-2-4-15(17)5-3-13)14-10-19-16(20-11-14)21-8-6-18-7-9-21/h2-5,10-11,18H,1,6-9H2. The Morgan fingerprint density at radius 1 is 1.05 bits per heavy atom. The summed E-state index contributed by atoms with van der Waals surface area (Å²) < 4.78 is 12.9. The van der Waals surface area contributed by atoms with Gasteiger partial charge < -0.3 is 10.2 Å².